The summed E-state index contributed by atoms with van der Waals surface area (Å²) in [5.74, 6) is -0.127. The number of benzene rings is 1. The molecular formula is C15H19NO3S. The van der Waals surface area contributed by atoms with Crippen LogP contribution in [0.4, 0.5) is 0 Å². The zero-order valence-electron chi connectivity index (χ0n) is 11.9. The number of hydrogen-bond donors (Lipinski definition) is 1. The third-order valence-electron chi connectivity index (χ3n) is 2.97. The molecule has 1 unspecified atom stereocenters. The van der Waals surface area contributed by atoms with E-state index in [2.05, 4.69) is 0 Å². The molecule has 0 spiro atoms. The van der Waals surface area contributed by atoms with Crippen molar-refractivity contribution in [1.82, 2.24) is 4.90 Å². The molecule has 0 bridgehead atoms. The molecule has 1 atom stereocenters. The van der Waals surface area contributed by atoms with Gasteiger partial charge < -0.3 is 10.0 Å². The highest BCUT2D eigenvalue weighted by atomic mass is 32.2. The van der Waals surface area contributed by atoms with E-state index in [4.69, 9.17) is 5.11 Å². The van der Waals surface area contributed by atoms with Gasteiger partial charge in [-0.3, -0.25) is 4.79 Å². The number of amides is 1. The minimum Gasteiger partial charge on any atom is -0.478 e. The first-order valence-corrected chi connectivity index (χ1v) is 7.62. The Labute approximate surface area is 123 Å². The van der Waals surface area contributed by atoms with Crippen molar-refractivity contribution in [3.8, 4) is 0 Å². The van der Waals surface area contributed by atoms with E-state index in [0.717, 1.165) is 17.4 Å². The van der Waals surface area contributed by atoms with Gasteiger partial charge in [-0.15, -0.1) is 0 Å². The predicted molar refractivity (Wildman–Crippen MR) is 83.0 cm³/mol. The normalized spacial score (nSPS) is 12.3. The lowest BCUT2D eigenvalue weighted by atomic mass is 10.1. The molecule has 0 saturated heterocycles. The maximum absolute atomic E-state index is 12.2. The van der Waals surface area contributed by atoms with Crippen LogP contribution in [0.15, 0.2) is 30.3 Å². The van der Waals surface area contributed by atoms with Crippen LogP contribution in [0.25, 0.3) is 6.08 Å². The Hall–Kier alpha value is -1.75. The van der Waals surface area contributed by atoms with Crippen LogP contribution in [0.1, 0.15) is 22.8 Å². The summed E-state index contributed by atoms with van der Waals surface area (Å²) in [6.07, 6.45) is 4.58. The number of carboxylic acid groups (broad SMARTS) is 1. The van der Waals surface area contributed by atoms with Gasteiger partial charge >= 0.3 is 5.97 Å². The van der Waals surface area contributed by atoms with E-state index in [1.165, 1.54) is 6.08 Å². The maximum Gasteiger partial charge on any atom is 0.328 e. The number of carboxylic acids is 1. The number of hydrogen-bond acceptors (Lipinski definition) is 3. The first-order valence-electron chi connectivity index (χ1n) is 6.23. The zero-order valence-corrected chi connectivity index (χ0v) is 12.7. The minimum absolute atomic E-state index is 0.0275. The van der Waals surface area contributed by atoms with Crippen molar-refractivity contribution < 1.29 is 14.7 Å². The minimum atomic E-state index is -0.990. The van der Waals surface area contributed by atoms with Crippen molar-refractivity contribution in [2.24, 2.45) is 0 Å². The van der Waals surface area contributed by atoms with Gasteiger partial charge in [0.05, 0.1) is 0 Å². The standard InChI is InChI=1S/C15H19NO3S/c1-11(10-20-3)16(2)15(19)13-7-4-12(5-8-13)6-9-14(17)18/h4-9,11H,10H2,1-3H3,(H,17,18)/b9-6+. The molecule has 108 valence electrons. The third kappa shape index (κ3) is 4.74. The lowest BCUT2D eigenvalue weighted by Crippen LogP contribution is -2.36. The molecule has 0 aliphatic heterocycles. The van der Waals surface area contributed by atoms with E-state index in [1.807, 2.05) is 13.2 Å². The summed E-state index contributed by atoms with van der Waals surface area (Å²) < 4.78 is 0. The number of carbonyl (C=O) groups excluding carboxylic acids is 1. The van der Waals surface area contributed by atoms with E-state index >= 15 is 0 Å². The quantitative estimate of drug-likeness (QED) is 0.819. The predicted octanol–water partition coefficient (Wildman–Crippen LogP) is 2.61. The first kappa shape index (κ1) is 16.3. The van der Waals surface area contributed by atoms with Crippen LogP contribution in [0, 0.1) is 0 Å². The monoisotopic (exact) mass is 293 g/mol. The molecule has 1 rings (SSSR count). The summed E-state index contributed by atoms with van der Waals surface area (Å²) in [7, 11) is 1.79. The Morgan fingerprint density at radius 3 is 2.45 bits per heavy atom. The van der Waals surface area contributed by atoms with Gasteiger partial charge in [0.2, 0.25) is 0 Å². The topological polar surface area (TPSA) is 57.6 Å². The Morgan fingerprint density at radius 1 is 1.35 bits per heavy atom. The fourth-order valence-electron chi connectivity index (χ4n) is 1.66. The SMILES string of the molecule is CSCC(C)N(C)C(=O)c1ccc(/C=C/C(=O)O)cc1. The van der Waals surface area contributed by atoms with Crippen molar-refractivity contribution in [3.63, 3.8) is 0 Å². The van der Waals surface area contributed by atoms with Crippen molar-refractivity contribution in [2.75, 3.05) is 19.1 Å². The fraction of sp³-hybridized carbons (Fsp3) is 0.333. The summed E-state index contributed by atoms with van der Waals surface area (Å²) in [4.78, 5) is 24.4. The number of aliphatic carboxylic acids is 1. The summed E-state index contributed by atoms with van der Waals surface area (Å²) in [5, 5.41) is 8.55. The Kier molecular flexibility index (Phi) is 6.31. The molecule has 0 fully saturated rings. The van der Waals surface area contributed by atoms with Gasteiger partial charge in [0.1, 0.15) is 0 Å². The molecular weight excluding hydrogens is 274 g/mol. The number of nitrogens with zero attached hydrogens (tertiary/aromatic N) is 1. The average molecular weight is 293 g/mol. The van der Waals surface area contributed by atoms with Crippen molar-refractivity contribution in [3.05, 3.63) is 41.5 Å². The van der Waals surface area contributed by atoms with Crippen molar-refractivity contribution >= 4 is 29.7 Å². The van der Waals surface area contributed by atoms with E-state index in [0.29, 0.717) is 5.56 Å². The molecule has 1 N–H and O–H groups in total. The molecule has 20 heavy (non-hydrogen) atoms. The smallest absolute Gasteiger partial charge is 0.328 e. The molecule has 0 aliphatic rings. The van der Waals surface area contributed by atoms with Crippen LogP contribution >= 0.6 is 11.8 Å². The molecule has 0 aromatic heterocycles. The van der Waals surface area contributed by atoms with E-state index in [9.17, 15) is 9.59 Å². The highest BCUT2D eigenvalue weighted by Crippen LogP contribution is 2.11. The second-order valence-corrected chi connectivity index (χ2v) is 5.42. The summed E-state index contributed by atoms with van der Waals surface area (Å²) in [6.45, 7) is 2.01. The van der Waals surface area contributed by atoms with Crippen LogP contribution in [0.3, 0.4) is 0 Å². The van der Waals surface area contributed by atoms with Gasteiger partial charge in [0.15, 0.2) is 0 Å². The molecule has 4 nitrogen and oxygen atoms in total. The highest BCUT2D eigenvalue weighted by molar-refractivity contribution is 7.98. The molecule has 0 aliphatic carbocycles. The fourth-order valence-corrected chi connectivity index (χ4v) is 2.37. The molecule has 0 radical (unpaired) electrons. The molecule has 1 amide bonds. The summed E-state index contributed by atoms with van der Waals surface area (Å²) >= 11 is 1.70. The largest absolute Gasteiger partial charge is 0.478 e. The number of carbonyl (C=O) groups is 2. The van der Waals surface area contributed by atoms with Crippen LogP contribution < -0.4 is 0 Å². The average Bonchev–Trinajstić information content (AvgIpc) is 2.44. The van der Waals surface area contributed by atoms with Gasteiger partial charge in [-0.1, -0.05) is 12.1 Å². The van der Waals surface area contributed by atoms with Crippen LogP contribution in [0.5, 0.6) is 0 Å². The lowest BCUT2D eigenvalue weighted by Gasteiger charge is -2.24. The van der Waals surface area contributed by atoms with E-state index in [1.54, 1.807) is 48.0 Å². The van der Waals surface area contributed by atoms with Gasteiger partial charge in [-0.05, 0) is 37.0 Å². The van der Waals surface area contributed by atoms with Gasteiger partial charge in [-0.25, -0.2) is 4.79 Å². The molecule has 0 saturated carbocycles. The number of rotatable bonds is 6. The summed E-state index contributed by atoms with van der Waals surface area (Å²) in [5.41, 5.74) is 1.36. The van der Waals surface area contributed by atoms with E-state index in [-0.39, 0.29) is 11.9 Å². The summed E-state index contributed by atoms with van der Waals surface area (Å²) in [6, 6.07) is 7.07. The van der Waals surface area contributed by atoms with Gasteiger partial charge in [0, 0.05) is 30.5 Å². The number of thioether (sulfide) groups is 1. The van der Waals surface area contributed by atoms with Crippen LogP contribution in [0.2, 0.25) is 0 Å². The third-order valence-corrected chi connectivity index (χ3v) is 3.78. The van der Waals surface area contributed by atoms with Crippen LogP contribution in [-0.4, -0.2) is 47.0 Å². The second kappa shape index (κ2) is 7.75. The second-order valence-electron chi connectivity index (χ2n) is 4.51. The van der Waals surface area contributed by atoms with Crippen molar-refractivity contribution in [2.45, 2.75) is 13.0 Å². The molecule has 0 heterocycles. The van der Waals surface area contributed by atoms with Gasteiger partial charge in [-0.2, -0.15) is 11.8 Å². The molecule has 1 aromatic rings. The first-order chi connectivity index (χ1) is 9.45. The molecule has 5 heteroatoms. The Morgan fingerprint density at radius 2 is 1.95 bits per heavy atom. The van der Waals surface area contributed by atoms with Crippen molar-refractivity contribution in [1.29, 1.82) is 0 Å². The zero-order chi connectivity index (χ0) is 15.1. The Balaban J connectivity index is 2.77. The van der Waals surface area contributed by atoms with Crippen LogP contribution in [-0.2, 0) is 4.79 Å². The lowest BCUT2D eigenvalue weighted by molar-refractivity contribution is -0.131. The highest BCUT2D eigenvalue weighted by Gasteiger charge is 2.16. The maximum atomic E-state index is 12.2. The van der Waals surface area contributed by atoms with E-state index < -0.39 is 5.97 Å². The van der Waals surface area contributed by atoms with Gasteiger partial charge in [0.25, 0.3) is 5.91 Å². The Bertz CT molecular complexity index is 496. The molecule has 1 aromatic carbocycles.